The van der Waals surface area contributed by atoms with Gasteiger partial charge in [0.1, 0.15) is 11.6 Å². The first-order valence-corrected chi connectivity index (χ1v) is 6.56. The lowest BCUT2D eigenvalue weighted by Crippen LogP contribution is -2.13. The molecule has 0 aliphatic heterocycles. The normalized spacial score (nSPS) is 10.2. The van der Waals surface area contributed by atoms with E-state index < -0.39 is 0 Å². The number of aromatic nitrogens is 2. The Bertz CT molecular complexity index is 540. The molecule has 2 rings (SSSR count). The molecule has 1 aromatic heterocycles. The number of ether oxygens (including phenoxy) is 1. The van der Waals surface area contributed by atoms with Gasteiger partial charge in [0, 0.05) is 26.8 Å². The van der Waals surface area contributed by atoms with Crippen molar-refractivity contribution in [3.63, 3.8) is 0 Å². The zero-order valence-corrected chi connectivity index (χ0v) is 12.1. The number of hydrogen-bond acceptors (Lipinski definition) is 5. The van der Waals surface area contributed by atoms with Crippen LogP contribution in [0.4, 0.5) is 11.8 Å². The van der Waals surface area contributed by atoms with Crippen molar-refractivity contribution < 1.29 is 4.74 Å². The fraction of sp³-hybridized carbons (Fsp3) is 0.333. The van der Waals surface area contributed by atoms with Crippen molar-refractivity contribution in [2.45, 2.75) is 6.42 Å². The predicted octanol–water partition coefficient (Wildman–Crippen LogP) is 2.21. The van der Waals surface area contributed by atoms with E-state index in [1.807, 2.05) is 37.2 Å². The molecule has 2 aromatic rings. The maximum Gasteiger partial charge on any atom is 0.224 e. The van der Waals surface area contributed by atoms with Gasteiger partial charge in [-0.1, -0.05) is 12.1 Å². The molecule has 0 amide bonds. The van der Waals surface area contributed by atoms with Gasteiger partial charge in [0.2, 0.25) is 5.95 Å². The summed E-state index contributed by atoms with van der Waals surface area (Å²) in [5, 5.41) is 3.24. The van der Waals surface area contributed by atoms with E-state index in [0.717, 1.165) is 24.5 Å². The van der Waals surface area contributed by atoms with Crippen LogP contribution in [0.3, 0.4) is 0 Å². The van der Waals surface area contributed by atoms with Gasteiger partial charge in [0.05, 0.1) is 7.11 Å². The van der Waals surface area contributed by atoms with Crippen LogP contribution in [-0.4, -0.2) is 37.7 Å². The Hall–Kier alpha value is -2.30. The molecule has 20 heavy (non-hydrogen) atoms. The van der Waals surface area contributed by atoms with Crippen molar-refractivity contribution in [1.29, 1.82) is 0 Å². The zero-order valence-electron chi connectivity index (χ0n) is 12.1. The fourth-order valence-electron chi connectivity index (χ4n) is 1.79. The lowest BCUT2D eigenvalue weighted by molar-refractivity contribution is 0.414. The van der Waals surface area contributed by atoms with Gasteiger partial charge in [-0.25, -0.2) is 4.98 Å². The Morgan fingerprint density at radius 1 is 1.15 bits per heavy atom. The average molecular weight is 272 g/mol. The number of anilines is 2. The first-order valence-electron chi connectivity index (χ1n) is 6.56. The summed E-state index contributed by atoms with van der Waals surface area (Å²) < 4.78 is 5.14. The largest absolute Gasteiger partial charge is 0.497 e. The Morgan fingerprint density at radius 2 is 1.90 bits per heavy atom. The highest BCUT2D eigenvalue weighted by Crippen LogP contribution is 2.12. The lowest BCUT2D eigenvalue weighted by atomic mass is 10.1. The molecule has 1 aromatic carbocycles. The van der Waals surface area contributed by atoms with E-state index in [9.17, 15) is 0 Å². The number of hydrogen-bond donors (Lipinski definition) is 1. The van der Waals surface area contributed by atoms with Crippen LogP contribution in [0, 0.1) is 0 Å². The maximum atomic E-state index is 5.14. The van der Waals surface area contributed by atoms with E-state index in [1.54, 1.807) is 13.3 Å². The second-order valence-electron chi connectivity index (χ2n) is 4.66. The molecule has 0 spiro atoms. The highest BCUT2D eigenvalue weighted by atomic mass is 16.5. The molecule has 106 valence electrons. The van der Waals surface area contributed by atoms with E-state index in [1.165, 1.54) is 5.56 Å². The molecule has 0 unspecified atom stereocenters. The molecule has 0 aliphatic carbocycles. The van der Waals surface area contributed by atoms with Gasteiger partial charge in [-0.3, -0.25) is 0 Å². The van der Waals surface area contributed by atoms with Gasteiger partial charge in [-0.2, -0.15) is 4.98 Å². The third-order valence-electron chi connectivity index (χ3n) is 2.95. The van der Waals surface area contributed by atoms with Crippen LogP contribution in [0.1, 0.15) is 5.56 Å². The van der Waals surface area contributed by atoms with Crippen molar-refractivity contribution in [3.8, 4) is 5.75 Å². The summed E-state index contributed by atoms with van der Waals surface area (Å²) in [4.78, 5) is 10.6. The summed E-state index contributed by atoms with van der Waals surface area (Å²) in [6, 6.07) is 9.96. The molecule has 0 saturated heterocycles. The number of methoxy groups -OCH3 is 1. The standard InChI is InChI=1S/C15H20N4O/c1-19(2)14-9-11-17-15(18-14)16-10-8-12-4-6-13(20-3)7-5-12/h4-7,9,11H,8,10H2,1-3H3,(H,16,17,18). The van der Waals surface area contributed by atoms with E-state index >= 15 is 0 Å². The summed E-state index contributed by atoms with van der Waals surface area (Å²) in [7, 11) is 5.60. The molecule has 0 atom stereocenters. The van der Waals surface area contributed by atoms with E-state index in [4.69, 9.17) is 4.74 Å². The lowest BCUT2D eigenvalue weighted by Gasteiger charge is -2.12. The minimum Gasteiger partial charge on any atom is -0.497 e. The van der Waals surface area contributed by atoms with Crippen LogP contribution in [0.5, 0.6) is 5.75 Å². The Balaban J connectivity index is 1.87. The molecule has 1 N–H and O–H groups in total. The molecule has 0 fully saturated rings. The molecule has 5 heteroatoms. The molecule has 0 radical (unpaired) electrons. The van der Waals surface area contributed by atoms with Gasteiger partial charge in [-0.05, 0) is 30.2 Å². The molecule has 1 heterocycles. The Kier molecular flexibility index (Phi) is 4.76. The van der Waals surface area contributed by atoms with Crippen molar-refractivity contribution >= 4 is 11.8 Å². The monoisotopic (exact) mass is 272 g/mol. The van der Waals surface area contributed by atoms with Gasteiger partial charge in [0.15, 0.2) is 0 Å². The third-order valence-corrected chi connectivity index (χ3v) is 2.95. The molecular weight excluding hydrogens is 252 g/mol. The molecule has 0 bridgehead atoms. The van der Waals surface area contributed by atoms with Crippen LogP contribution in [0.15, 0.2) is 36.5 Å². The second kappa shape index (κ2) is 6.75. The second-order valence-corrected chi connectivity index (χ2v) is 4.66. The van der Waals surface area contributed by atoms with E-state index in [0.29, 0.717) is 5.95 Å². The summed E-state index contributed by atoms with van der Waals surface area (Å²) in [6.07, 6.45) is 2.68. The Labute approximate surface area is 119 Å². The summed E-state index contributed by atoms with van der Waals surface area (Å²) >= 11 is 0. The van der Waals surface area contributed by atoms with Crippen LogP contribution in [-0.2, 0) is 6.42 Å². The number of rotatable bonds is 6. The van der Waals surface area contributed by atoms with Crippen LogP contribution in [0.25, 0.3) is 0 Å². The first kappa shape index (κ1) is 14.1. The average Bonchev–Trinajstić information content (AvgIpc) is 2.48. The molecule has 5 nitrogen and oxygen atoms in total. The van der Waals surface area contributed by atoms with Crippen molar-refractivity contribution in [2.75, 3.05) is 38.0 Å². The number of nitrogens with one attached hydrogen (secondary N) is 1. The van der Waals surface area contributed by atoms with Gasteiger partial charge in [-0.15, -0.1) is 0 Å². The summed E-state index contributed by atoms with van der Waals surface area (Å²) in [6.45, 7) is 0.795. The first-order chi connectivity index (χ1) is 9.69. The van der Waals surface area contributed by atoms with Gasteiger partial charge in [0.25, 0.3) is 0 Å². The van der Waals surface area contributed by atoms with Crippen molar-refractivity contribution in [3.05, 3.63) is 42.1 Å². The molecule has 0 saturated carbocycles. The van der Waals surface area contributed by atoms with Gasteiger partial charge >= 0.3 is 0 Å². The fourth-order valence-corrected chi connectivity index (χ4v) is 1.79. The molecular formula is C15H20N4O. The van der Waals surface area contributed by atoms with Crippen LogP contribution < -0.4 is 15.0 Å². The topological polar surface area (TPSA) is 50.3 Å². The number of nitrogens with zero attached hydrogens (tertiary/aromatic N) is 3. The quantitative estimate of drug-likeness (QED) is 0.873. The Morgan fingerprint density at radius 3 is 2.55 bits per heavy atom. The third kappa shape index (κ3) is 3.85. The van der Waals surface area contributed by atoms with E-state index in [2.05, 4.69) is 27.4 Å². The van der Waals surface area contributed by atoms with Crippen molar-refractivity contribution in [2.24, 2.45) is 0 Å². The highest BCUT2D eigenvalue weighted by Gasteiger charge is 2.00. The zero-order chi connectivity index (χ0) is 14.4. The number of benzene rings is 1. The highest BCUT2D eigenvalue weighted by molar-refractivity contribution is 5.40. The smallest absolute Gasteiger partial charge is 0.224 e. The summed E-state index contributed by atoms with van der Waals surface area (Å²) in [5.41, 5.74) is 1.25. The minimum absolute atomic E-state index is 0.657. The minimum atomic E-state index is 0.657. The van der Waals surface area contributed by atoms with Crippen molar-refractivity contribution in [1.82, 2.24) is 9.97 Å². The van der Waals surface area contributed by atoms with Crippen LogP contribution >= 0.6 is 0 Å². The van der Waals surface area contributed by atoms with Gasteiger partial charge < -0.3 is 15.0 Å². The van der Waals surface area contributed by atoms with Crippen LogP contribution in [0.2, 0.25) is 0 Å². The predicted molar refractivity (Wildman–Crippen MR) is 81.5 cm³/mol. The summed E-state index contributed by atoms with van der Waals surface area (Å²) in [5.74, 6) is 2.43. The SMILES string of the molecule is COc1ccc(CCNc2nccc(N(C)C)n2)cc1. The van der Waals surface area contributed by atoms with E-state index in [-0.39, 0.29) is 0 Å². The molecule has 0 aliphatic rings. The maximum absolute atomic E-state index is 5.14.